The van der Waals surface area contributed by atoms with Crippen LogP contribution < -0.4 is 4.74 Å². The molecule has 0 saturated heterocycles. The molecule has 9 heteroatoms. The first-order chi connectivity index (χ1) is 17.1. The molecule has 2 heterocycles. The number of benzene rings is 3. The number of aromatic nitrogens is 5. The van der Waals surface area contributed by atoms with Gasteiger partial charge >= 0.3 is 0 Å². The van der Waals surface area contributed by atoms with Gasteiger partial charge in [0.25, 0.3) is 0 Å². The molecule has 7 nitrogen and oxygen atoms in total. The minimum Gasteiger partial charge on any atom is -0.483 e. The zero-order chi connectivity index (χ0) is 24.2. The molecule has 0 N–H and O–H groups in total. The molecule has 1 atom stereocenters. The lowest BCUT2D eigenvalue weighted by Gasteiger charge is -2.12. The van der Waals surface area contributed by atoms with Crippen molar-refractivity contribution in [3.63, 3.8) is 0 Å². The van der Waals surface area contributed by atoms with Gasteiger partial charge in [-0.2, -0.15) is 0 Å². The predicted molar refractivity (Wildman–Crippen MR) is 131 cm³/mol. The summed E-state index contributed by atoms with van der Waals surface area (Å²) in [6.45, 7) is 4.04. The van der Waals surface area contributed by atoms with E-state index in [2.05, 4.69) is 20.4 Å². The number of aryl methyl sites for hydroxylation is 1. The minimum atomic E-state index is -0.428. The molecule has 2 aromatic heterocycles. The Morgan fingerprint density at radius 2 is 1.74 bits per heavy atom. The predicted octanol–water partition coefficient (Wildman–Crippen LogP) is 6.20. The van der Waals surface area contributed by atoms with E-state index in [0.717, 1.165) is 16.8 Å². The van der Waals surface area contributed by atoms with Crippen molar-refractivity contribution in [2.45, 2.75) is 30.9 Å². The Morgan fingerprint density at radius 1 is 0.943 bits per heavy atom. The van der Waals surface area contributed by atoms with Crippen molar-refractivity contribution in [2.75, 3.05) is 0 Å². The molecule has 3 aromatic carbocycles. The second kappa shape index (κ2) is 10.1. The highest BCUT2D eigenvalue weighted by Crippen LogP contribution is 2.36. The highest BCUT2D eigenvalue weighted by Gasteiger charge is 2.22. The number of thioether (sulfide) groups is 1. The maximum Gasteiger partial charge on any atom is 0.247 e. The van der Waals surface area contributed by atoms with Gasteiger partial charge in [-0.15, -0.1) is 20.4 Å². The summed E-state index contributed by atoms with van der Waals surface area (Å²) in [5.74, 6) is 1.23. The SMILES string of the molecule is Cc1cccc(-c2nnc(C(C)Sc3nnc(COc4ccccc4F)n3-c3ccccc3)o2)c1. The third-order valence-electron chi connectivity index (χ3n) is 5.24. The Kier molecular flexibility index (Phi) is 6.58. The standard InChI is InChI=1S/C26H22FN5O2S/c1-17-9-8-10-19(15-17)25-30-29-24(34-25)18(2)35-26-31-28-23(32(26)20-11-4-3-5-12-20)16-33-22-14-7-6-13-21(22)27/h3-15,18H,16H2,1-2H3. The summed E-state index contributed by atoms with van der Waals surface area (Å²) >= 11 is 1.44. The van der Waals surface area contributed by atoms with Crippen molar-refractivity contribution < 1.29 is 13.5 Å². The topological polar surface area (TPSA) is 78.9 Å². The van der Waals surface area contributed by atoms with Crippen LogP contribution in [0.1, 0.15) is 29.5 Å². The normalized spacial score (nSPS) is 12.0. The Morgan fingerprint density at radius 3 is 2.54 bits per heavy atom. The van der Waals surface area contributed by atoms with Gasteiger partial charge in [0.1, 0.15) is 6.61 Å². The fourth-order valence-corrected chi connectivity index (χ4v) is 4.43. The van der Waals surface area contributed by atoms with Crippen LogP contribution in [0.3, 0.4) is 0 Å². The Bertz CT molecular complexity index is 1440. The maximum atomic E-state index is 14.0. The van der Waals surface area contributed by atoms with Gasteiger partial charge in [-0.25, -0.2) is 4.39 Å². The van der Waals surface area contributed by atoms with Crippen LogP contribution in [0.15, 0.2) is 88.4 Å². The van der Waals surface area contributed by atoms with Crippen LogP contribution >= 0.6 is 11.8 Å². The Labute approximate surface area is 206 Å². The van der Waals surface area contributed by atoms with E-state index >= 15 is 0 Å². The number of hydrogen-bond acceptors (Lipinski definition) is 7. The molecular weight excluding hydrogens is 465 g/mol. The summed E-state index contributed by atoms with van der Waals surface area (Å²) in [7, 11) is 0. The van der Waals surface area contributed by atoms with E-state index in [9.17, 15) is 4.39 Å². The summed E-state index contributed by atoms with van der Waals surface area (Å²) in [6, 6.07) is 23.9. The van der Waals surface area contributed by atoms with Crippen LogP contribution in [0.4, 0.5) is 4.39 Å². The number of para-hydroxylation sites is 2. The molecule has 0 aliphatic carbocycles. The first kappa shape index (κ1) is 22.8. The van der Waals surface area contributed by atoms with Crippen molar-refractivity contribution in [2.24, 2.45) is 0 Å². The van der Waals surface area contributed by atoms with Crippen LogP contribution in [-0.4, -0.2) is 25.0 Å². The first-order valence-corrected chi connectivity index (χ1v) is 11.9. The summed E-state index contributed by atoms with van der Waals surface area (Å²) < 4.78 is 27.6. The molecule has 1 unspecified atom stereocenters. The summed E-state index contributed by atoms with van der Waals surface area (Å²) in [5, 5.41) is 17.6. The Balaban J connectivity index is 1.40. The van der Waals surface area contributed by atoms with Gasteiger partial charge in [0.05, 0.1) is 5.25 Å². The smallest absolute Gasteiger partial charge is 0.247 e. The van der Waals surface area contributed by atoms with E-state index in [1.165, 1.54) is 17.8 Å². The molecule has 35 heavy (non-hydrogen) atoms. The molecule has 0 radical (unpaired) electrons. The number of halogens is 1. The van der Waals surface area contributed by atoms with Crippen molar-refractivity contribution in [1.82, 2.24) is 25.0 Å². The average Bonchev–Trinajstić information content (AvgIpc) is 3.52. The van der Waals surface area contributed by atoms with Gasteiger partial charge in [-0.1, -0.05) is 59.8 Å². The first-order valence-electron chi connectivity index (χ1n) is 11.0. The zero-order valence-electron chi connectivity index (χ0n) is 19.1. The fraction of sp³-hybridized carbons (Fsp3) is 0.154. The van der Waals surface area contributed by atoms with E-state index in [1.807, 2.05) is 73.0 Å². The highest BCUT2D eigenvalue weighted by atomic mass is 32.2. The minimum absolute atomic E-state index is 0.0514. The van der Waals surface area contributed by atoms with Gasteiger partial charge in [0, 0.05) is 11.3 Å². The lowest BCUT2D eigenvalue weighted by atomic mass is 10.1. The molecular formula is C26H22FN5O2S. The Hall–Kier alpha value is -3.98. The molecule has 176 valence electrons. The van der Waals surface area contributed by atoms with Crippen molar-refractivity contribution >= 4 is 11.8 Å². The van der Waals surface area contributed by atoms with Gasteiger partial charge in [-0.05, 0) is 50.2 Å². The highest BCUT2D eigenvalue weighted by molar-refractivity contribution is 7.99. The second-order valence-corrected chi connectivity index (χ2v) is 9.17. The largest absolute Gasteiger partial charge is 0.483 e. The van der Waals surface area contributed by atoms with E-state index in [1.54, 1.807) is 18.2 Å². The molecule has 0 saturated carbocycles. The zero-order valence-corrected chi connectivity index (χ0v) is 19.9. The van der Waals surface area contributed by atoms with Crippen LogP contribution in [0.2, 0.25) is 0 Å². The van der Waals surface area contributed by atoms with Gasteiger partial charge < -0.3 is 9.15 Å². The van der Waals surface area contributed by atoms with Gasteiger partial charge in [0.15, 0.2) is 22.5 Å². The lowest BCUT2D eigenvalue weighted by molar-refractivity contribution is 0.278. The summed E-state index contributed by atoms with van der Waals surface area (Å²) in [5.41, 5.74) is 2.86. The summed E-state index contributed by atoms with van der Waals surface area (Å²) in [4.78, 5) is 0. The third-order valence-corrected chi connectivity index (χ3v) is 6.27. The lowest BCUT2D eigenvalue weighted by Crippen LogP contribution is -2.07. The van der Waals surface area contributed by atoms with Crippen LogP contribution in [0, 0.1) is 12.7 Å². The maximum absolute atomic E-state index is 14.0. The number of rotatable bonds is 8. The molecule has 0 fully saturated rings. The van der Waals surface area contributed by atoms with Crippen molar-refractivity contribution in [3.05, 3.63) is 102 Å². The average molecular weight is 488 g/mol. The third kappa shape index (κ3) is 5.09. The second-order valence-electron chi connectivity index (χ2n) is 7.86. The van der Waals surface area contributed by atoms with E-state index in [-0.39, 0.29) is 17.6 Å². The molecule has 0 aliphatic heterocycles. The summed E-state index contributed by atoms with van der Waals surface area (Å²) in [6.07, 6.45) is 0. The molecule has 0 amide bonds. The molecule has 0 spiro atoms. The van der Waals surface area contributed by atoms with Crippen LogP contribution in [0.25, 0.3) is 17.1 Å². The molecule has 0 bridgehead atoms. The monoisotopic (exact) mass is 487 g/mol. The van der Waals surface area contributed by atoms with Gasteiger partial charge in [-0.3, -0.25) is 4.57 Å². The van der Waals surface area contributed by atoms with Crippen molar-refractivity contribution in [3.8, 4) is 22.9 Å². The van der Waals surface area contributed by atoms with Crippen LogP contribution in [0.5, 0.6) is 5.75 Å². The molecule has 5 rings (SSSR count). The fourth-order valence-electron chi connectivity index (χ4n) is 3.51. The number of nitrogens with zero attached hydrogens (tertiary/aromatic N) is 5. The van der Waals surface area contributed by atoms with Crippen LogP contribution in [-0.2, 0) is 6.61 Å². The number of hydrogen-bond donors (Lipinski definition) is 0. The van der Waals surface area contributed by atoms with Gasteiger partial charge in [0.2, 0.25) is 11.8 Å². The van der Waals surface area contributed by atoms with E-state index in [0.29, 0.717) is 22.8 Å². The number of ether oxygens (including phenoxy) is 1. The van der Waals surface area contributed by atoms with E-state index in [4.69, 9.17) is 9.15 Å². The van der Waals surface area contributed by atoms with E-state index < -0.39 is 5.82 Å². The quantitative estimate of drug-likeness (QED) is 0.241. The van der Waals surface area contributed by atoms with Crippen molar-refractivity contribution in [1.29, 1.82) is 0 Å². The molecule has 0 aliphatic rings. The molecule has 5 aromatic rings.